The average Bonchev–Trinajstić information content (AvgIpc) is 2.89. The second-order valence-electron chi connectivity index (χ2n) is 6.96. The minimum atomic E-state index is 0.0543. The van der Waals surface area contributed by atoms with Gasteiger partial charge in [0.2, 0.25) is 0 Å². The van der Waals surface area contributed by atoms with Crippen LogP contribution in [-0.4, -0.2) is 63.8 Å². The molecule has 1 amide bonds. The van der Waals surface area contributed by atoms with E-state index in [4.69, 9.17) is 0 Å². The number of hydrogen-bond donors (Lipinski definition) is 1. The second kappa shape index (κ2) is 6.88. The number of hydrogen-bond acceptors (Lipinski definition) is 4. The highest BCUT2D eigenvalue weighted by Gasteiger charge is 2.28. The van der Waals surface area contributed by atoms with E-state index in [1.54, 1.807) is 22.9 Å². The number of phenols is 1. The number of likely N-dealkylation sites (tertiary alicyclic amines) is 1. The lowest BCUT2D eigenvalue weighted by atomic mass is 10.0. The van der Waals surface area contributed by atoms with Crippen molar-refractivity contribution < 1.29 is 9.90 Å². The molecule has 25 heavy (non-hydrogen) atoms. The highest BCUT2D eigenvalue weighted by molar-refractivity contribution is 5.96. The first-order chi connectivity index (χ1) is 11.9. The molecular formula is C19H26N4O2. The third-order valence-electron chi connectivity index (χ3n) is 5.06. The number of rotatable bonds is 3. The molecule has 6 nitrogen and oxygen atoms in total. The van der Waals surface area contributed by atoms with Crippen molar-refractivity contribution in [2.75, 3.05) is 27.2 Å². The molecule has 0 spiro atoms. The molecule has 1 N–H and O–H groups in total. The van der Waals surface area contributed by atoms with Gasteiger partial charge in [0, 0.05) is 25.2 Å². The normalized spacial score (nSPS) is 15.8. The van der Waals surface area contributed by atoms with Crippen molar-refractivity contribution in [3.05, 3.63) is 41.2 Å². The van der Waals surface area contributed by atoms with E-state index >= 15 is 0 Å². The fraction of sp³-hybridized carbons (Fsp3) is 0.474. The van der Waals surface area contributed by atoms with Gasteiger partial charge in [0.1, 0.15) is 5.75 Å². The van der Waals surface area contributed by atoms with Crippen LogP contribution in [0.4, 0.5) is 0 Å². The molecule has 0 unspecified atom stereocenters. The van der Waals surface area contributed by atoms with Crippen molar-refractivity contribution in [2.45, 2.75) is 32.7 Å². The SMILES string of the molecule is Cc1nn(-c2cccc(O)c2)c(C)c1C(=O)N1CCC(N(C)C)CC1. The summed E-state index contributed by atoms with van der Waals surface area (Å²) in [6.07, 6.45) is 2.00. The van der Waals surface area contributed by atoms with Crippen LogP contribution in [0.25, 0.3) is 5.69 Å². The van der Waals surface area contributed by atoms with Crippen molar-refractivity contribution in [1.29, 1.82) is 0 Å². The number of aromatic nitrogens is 2. The molecule has 0 atom stereocenters. The van der Waals surface area contributed by atoms with E-state index in [0.29, 0.717) is 11.6 Å². The van der Waals surface area contributed by atoms with Crippen LogP contribution >= 0.6 is 0 Å². The highest BCUT2D eigenvalue weighted by atomic mass is 16.3. The molecule has 1 aliphatic rings. The first-order valence-corrected chi connectivity index (χ1v) is 8.70. The lowest BCUT2D eigenvalue weighted by Crippen LogP contribution is -2.44. The fourth-order valence-corrected chi connectivity index (χ4v) is 3.57. The zero-order chi connectivity index (χ0) is 18.1. The Labute approximate surface area is 148 Å². The molecule has 2 aromatic rings. The molecule has 6 heteroatoms. The van der Waals surface area contributed by atoms with Gasteiger partial charge >= 0.3 is 0 Å². The first-order valence-electron chi connectivity index (χ1n) is 8.70. The van der Waals surface area contributed by atoms with E-state index in [0.717, 1.165) is 43.0 Å². The number of nitrogens with zero attached hydrogens (tertiary/aromatic N) is 4. The van der Waals surface area contributed by atoms with E-state index in [1.165, 1.54) is 0 Å². The van der Waals surface area contributed by atoms with E-state index in [2.05, 4.69) is 24.1 Å². The maximum Gasteiger partial charge on any atom is 0.257 e. The lowest BCUT2D eigenvalue weighted by Gasteiger charge is -2.35. The Morgan fingerprint density at radius 2 is 1.92 bits per heavy atom. The quantitative estimate of drug-likeness (QED) is 0.930. The predicted octanol–water partition coefficient (Wildman–Crippen LogP) is 2.36. The number of carbonyl (C=O) groups excluding carboxylic acids is 1. The van der Waals surface area contributed by atoms with Gasteiger partial charge in [-0.15, -0.1) is 0 Å². The smallest absolute Gasteiger partial charge is 0.257 e. The molecule has 2 heterocycles. The summed E-state index contributed by atoms with van der Waals surface area (Å²) in [7, 11) is 4.19. The first kappa shape index (κ1) is 17.5. The highest BCUT2D eigenvalue weighted by Crippen LogP contribution is 2.23. The number of phenolic OH excluding ortho intramolecular Hbond substituents is 1. The van der Waals surface area contributed by atoms with Gasteiger partial charge in [-0.05, 0) is 52.9 Å². The molecule has 1 aliphatic heterocycles. The summed E-state index contributed by atoms with van der Waals surface area (Å²) >= 11 is 0. The third kappa shape index (κ3) is 3.39. The Morgan fingerprint density at radius 3 is 2.52 bits per heavy atom. The molecule has 0 saturated carbocycles. The van der Waals surface area contributed by atoms with Crippen LogP contribution in [0.2, 0.25) is 0 Å². The van der Waals surface area contributed by atoms with Gasteiger partial charge in [0.15, 0.2) is 0 Å². The summed E-state index contributed by atoms with van der Waals surface area (Å²) in [4.78, 5) is 17.2. The van der Waals surface area contributed by atoms with E-state index in [9.17, 15) is 9.90 Å². The molecule has 3 rings (SSSR count). The lowest BCUT2D eigenvalue weighted by molar-refractivity contribution is 0.0662. The van der Waals surface area contributed by atoms with Crippen LogP contribution in [0, 0.1) is 13.8 Å². The molecule has 1 saturated heterocycles. The topological polar surface area (TPSA) is 61.6 Å². The van der Waals surface area contributed by atoms with Gasteiger partial charge < -0.3 is 14.9 Å². The van der Waals surface area contributed by atoms with Gasteiger partial charge in [-0.3, -0.25) is 4.79 Å². The molecule has 1 fully saturated rings. The van der Waals surface area contributed by atoms with Crippen LogP contribution in [0.15, 0.2) is 24.3 Å². The second-order valence-corrected chi connectivity index (χ2v) is 6.96. The van der Waals surface area contributed by atoms with Crippen LogP contribution in [0.5, 0.6) is 5.75 Å². The van der Waals surface area contributed by atoms with Crippen molar-refractivity contribution in [1.82, 2.24) is 19.6 Å². The summed E-state index contributed by atoms with van der Waals surface area (Å²) in [6.45, 7) is 5.33. The van der Waals surface area contributed by atoms with Crippen LogP contribution < -0.4 is 0 Å². The molecule has 0 bridgehead atoms. The summed E-state index contributed by atoms with van der Waals surface area (Å²) in [5, 5.41) is 14.2. The van der Waals surface area contributed by atoms with Crippen molar-refractivity contribution in [3.8, 4) is 11.4 Å². The van der Waals surface area contributed by atoms with Crippen LogP contribution in [0.1, 0.15) is 34.6 Å². The Balaban J connectivity index is 1.85. The van der Waals surface area contributed by atoms with Crippen molar-refractivity contribution >= 4 is 5.91 Å². The van der Waals surface area contributed by atoms with Crippen molar-refractivity contribution in [2.24, 2.45) is 0 Å². The molecule has 1 aromatic carbocycles. The molecule has 0 radical (unpaired) electrons. The van der Waals surface area contributed by atoms with Crippen molar-refractivity contribution in [3.63, 3.8) is 0 Å². The maximum atomic E-state index is 13.0. The maximum absolute atomic E-state index is 13.0. The van der Waals surface area contributed by atoms with Crippen LogP contribution in [-0.2, 0) is 0 Å². The number of aromatic hydroxyl groups is 1. The molecule has 1 aromatic heterocycles. The monoisotopic (exact) mass is 342 g/mol. The summed E-state index contributed by atoms with van der Waals surface area (Å²) in [6, 6.07) is 7.46. The van der Waals surface area contributed by atoms with Crippen LogP contribution in [0.3, 0.4) is 0 Å². The van der Waals surface area contributed by atoms with E-state index in [1.807, 2.05) is 24.8 Å². The Hall–Kier alpha value is -2.34. The summed E-state index contributed by atoms with van der Waals surface area (Å²) in [5.41, 5.74) is 2.96. The number of amides is 1. The Bertz CT molecular complexity index is 774. The van der Waals surface area contributed by atoms with Gasteiger partial charge in [0.25, 0.3) is 5.91 Å². The molecule has 0 aliphatic carbocycles. The van der Waals surface area contributed by atoms with Gasteiger partial charge in [0.05, 0.1) is 22.6 Å². The zero-order valence-electron chi connectivity index (χ0n) is 15.4. The average molecular weight is 342 g/mol. The van der Waals surface area contributed by atoms with Gasteiger partial charge in [-0.1, -0.05) is 6.07 Å². The van der Waals surface area contributed by atoms with Gasteiger partial charge in [-0.2, -0.15) is 5.10 Å². The standard InChI is InChI=1S/C19H26N4O2/c1-13-18(19(25)22-10-8-15(9-11-22)21(3)4)14(2)23(20-13)16-6-5-7-17(24)12-16/h5-7,12,15,24H,8-11H2,1-4H3. The van der Waals surface area contributed by atoms with Gasteiger partial charge in [-0.25, -0.2) is 4.68 Å². The number of aryl methyl sites for hydroxylation is 1. The largest absolute Gasteiger partial charge is 0.508 e. The van der Waals surface area contributed by atoms with E-state index < -0.39 is 0 Å². The summed E-state index contributed by atoms with van der Waals surface area (Å²) in [5.74, 6) is 0.238. The summed E-state index contributed by atoms with van der Waals surface area (Å²) < 4.78 is 1.73. The predicted molar refractivity (Wildman–Crippen MR) is 97.3 cm³/mol. The molecule has 134 valence electrons. The molecular weight excluding hydrogens is 316 g/mol. The third-order valence-corrected chi connectivity index (χ3v) is 5.06. The number of benzene rings is 1. The fourth-order valence-electron chi connectivity index (χ4n) is 3.57. The Morgan fingerprint density at radius 1 is 1.24 bits per heavy atom. The number of piperidine rings is 1. The zero-order valence-corrected chi connectivity index (χ0v) is 15.4. The minimum Gasteiger partial charge on any atom is -0.508 e. The minimum absolute atomic E-state index is 0.0543. The Kier molecular flexibility index (Phi) is 4.81. The van der Waals surface area contributed by atoms with E-state index in [-0.39, 0.29) is 11.7 Å². The number of carbonyl (C=O) groups is 1.